The normalized spacial score (nSPS) is 12.0. The minimum Gasteiger partial charge on any atom is -0.206 e. The molecule has 1 aromatic heterocycles. The standard InChI is InChI=1S/C10H14ClNO2S2/c1-4-12(7-8(2)3)16(13,14)10-6-5-9(11)15-10/h5-6H,2,4,7H2,1,3H3. The highest BCUT2D eigenvalue weighted by Gasteiger charge is 2.24. The number of nitrogens with zero attached hydrogens (tertiary/aromatic N) is 1. The van der Waals surface area contributed by atoms with Gasteiger partial charge in [-0.2, -0.15) is 4.31 Å². The summed E-state index contributed by atoms with van der Waals surface area (Å²) < 4.78 is 26.4. The molecule has 1 heterocycles. The molecule has 0 amide bonds. The fourth-order valence-corrected chi connectivity index (χ4v) is 4.38. The van der Waals surface area contributed by atoms with Crippen molar-refractivity contribution >= 4 is 33.0 Å². The van der Waals surface area contributed by atoms with Crippen molar-refractivity contribution in [3.63, 3.8) is 0 Å². The molecule has 90 valence electrons. The van der Waals surface area contributed by atoms with E-state index in [9.17, 15) is 8.42 Å². The van der Waals surface area contributed by atoms with Gasteiger partial charge >= 0.3 is 0 Å². The van der Waals surface area contributed by atoms with Gasteiger partial charge in [-0.3, -0.25) is 0 Å². The average molecular weight is 280 g/mol. The molecule has 0 atom stereocenters. The van der Waals surface area contributed by atoms with Crippen LogP contribution in [0.4, 0.5) is 0 Å². The van der Waals surface area contributed by atoms with E-state index in [4.69, 9.17) is 11.6 Å². The number of halogens is 1. The predicted molar refractivity (Wildman–Crippen MR) is 68.6 cm³/mol. The van der Waals surface area contributed by atoms with Gasteiger partial charge in [-0.15, -0.1) is 11.3 Å². The number of likely N-dealkylation sites (N-methyl/N-ethyl adjacent to an activating group) is 1. The third-order valence-corrected chi connectivity index (χ3v) is 5.56. The zero-order valence-corrected chi connectivity index (χ0v) is 11.6. The van der Waals surface area contributed by atoms with Gasteiger partial charge in [-0.1, -0.05) is 30.7 Å². The fraction of sp³-hybridized carbons (Fsp3) is 0.400. The number of sulfonamides is 1. The quantitative estimate of drug-likeness (QED) is 0.777. The second-order valence-electron chi connectivity index (χ2n) is 3.45. The van der Waals surface area contributed by atoms with Crippen molar-refractivity contribution in [2.45, 2.75) is 18.1 Å². The van der Waals surface area contributed by atoms with E-state index in [1.807, 2.05) is 0 Å². The molecule has 0 N–H and O–H groups in total. The van der Waals surface area contributed by atoms with Crippen molar-refractivity contribution in [1.82, 2.24) is 4.31 Å². The summed E-state index contributed by atoms with van der Waals surface area (Å²) in [6.07, 6.45) is 0. The second kappa shape index (κ2) is 5.31. The summed E-state index contributed by atoms with van der Waals surface area (Å²) in [6, 6.07) is 3.12. The van der Waals surface area contributed by atoms with Crippen molar-refractivity contribution in [1.29, 1.82) is 0 Å². The molecular formula is C10H14ClNO2S2. The maximum atomic E-state index is 12.1. The van der Waals surface area contributed by atoms with Gasteiger partial charge in [0.1, 0.15) is 4.21 Å². The summed E-state index contributed by atoms with van der Waals surface area (Å²) in [5, 5.41) is 0. The summed E-state index contributed by atoms with van der Waals surface area (Å²) in [4.78, 5) is 0. The first-order valence-corrected chi connectivity index (χ1v) is 7.41. The van der Waals surface area contributed by atoms with Crippen LogP contribution in [0, 0.1) is 0 Å². The molecule has 0 unspecified atom stereocenters. The zero-order chi connectivity index (χ0) is 12.3. The van der Waals surface area contributed by atoms with Crippen LogP contribution in [0.2, 0.25) is 4.34 Å². The average Bonchev–Trinajstić information content (AvgIpc) is 2.61. The molecular weight excluding hydrogens is 266 g/mol. The third kappa shape index (κ3) is 3.07. The van der Waals surface area contributed by atoms with Crippen LogP contribution in [0.3, 0.4) is 0 Å². The molecule has 0 aliphatic carbocycles. The first kappa shape index (κ1) is 13.7. The molecule has 3 nitrogen and oxygen atoms in total. The lowest BCUT2D eigenvalue weighted by Gasteiger charge is -2.19. The Kier molecular flexibility index (Phi) is 4.55. The van der Waals surface area contributed by atoms with Gasteiger partial charge in [0.15, 0.2) is 0 Å². The molecule has 0 spiro atoms. The maximum Gasteiger partial charge on any atom is 0.252 e. The first-order valence-electron chi connectivity index (χ1n) is 4.77. The Bertz CT molecular complexity index is 479. The zero-order valence-electron chi connectivity index (χ0n) is 9.23. The number of rotatable bonds is 5. The second-order valence-corrected chi connectivity index (χ2v) is 7.33. The summed E-state index contributed by atoms with van der Waals surface area (Å²) in [7, 11) is -3.42. The van der Waals surface area contributed by atoms with Crippen LogP contribution >= 0.6 is 22.9 Å². The van der Waals surface area contributed by atoms with E-state index in [1.54, 1.807) is 19.9 Å². The van der Waals surface area contributed by atoms with Crippen molar-refractivity contribution < 1.29 is 8.42 Å². The minimum atomic E-state index is -3.42. The number of hydrogen-bond donors (Lipinski definition) is 0. The smallest absolute Gasteiger partial charge is 0.206 e. The molecule has 0 bridgehead atoms. The Morgan fingerprint density at radius 2 is 2.19 bits per heavy atom. The van der Waals surface area contributed by atoms with Crippen molar-refractivity contribution in [2.75, 3.05) is 13.1 Å². The summed E-state index contributed by atoms with van der Waals surface area (Å²) >= 11 is 6.81. The van der Waals surface area contributed by atoms with Crippen LogP contribution in [0.1, 0.15) is 13.8 Å². The molecule has 0 radical (unpaired) electrons. The van der Waals surface area contributed by atoms with Gasteiger partial charge in [-0.25, -0.2) is 8.42 Å². The van der Waals surface area contributed by atoms with Crippen LogP contribution in [0.5, 0.6) is 0 Å². The van der Waals surface area contributed by atoms with Crippen molar-refractivity contribution in [2.24, 2.45) is 0 Å². The first-order chi connectivity index (χ1) is 7.37. The van der Waals surface area contributed by atoms with Gasteiger partial charge < -0.3 is 0 Å². The van der Waals surface area contributed by atoms with E-state index >= 15 is 0 Å². The van der Waals surface area contributed by atoms with E-state index in [2.05, 4.69) is 6.58 Å². The molecule has 0 saturated carbocycles. The molecule has 6 heteroatoms. The van der Waals surface area contributed by atoms with Gasteiger partial charge in [-0.05, 0) is 19.1 Å². The summed E-state index contributed by atoms with van der Waals surface area (Å²) in [5.41, 5.74) is 0.813. The van der Waals surface area contributed by atoms with Crippen LogP contribution in [-0.2, 0) is 10.0 Å². The van der Waals surface area contributed by atoms with Gasteiger partial charge in [0, 0.05) is 13.1 Å². The summed E-state index contributed by atoms with van der Waals surface area (Å²) in [6.45, 7) is 8.10. The molecule has 0 aliphatic rings. The largest absolute Gasteiger partial charge is 0.252 e. The molecule has 1 rings (SSSR count). The lowest BCUT2D eigenvalue weighted by molar-refractivity contribution is 0.454. The molecule has 0 aromatic carbocycles. The topological polar surface area (TPSA) is 37.4 Å². The van der Waals surface area contributed by atoms with Crippen LogP contribution in [0.15, 0.2) is 28.5 Å². The molecule has 0 saturated heterocycles. The minimum absolute atomic E-state index is 0.278. The number of hydrogen-bond acceptors (Lipinski definition) is 3. The van der Waals surface area contributed by atoms with E-state index in [0.29, 0.717) is 17.4 Å². The van der Waals surface area contributed by atoms with Crippen LogP contribution in [-0.4, -0.2) is 25.8 Å². The van der Waals surface area contributed by atoms with Crippen LogP contribution < -0.4 is 0 Å². The third-order valence-electron chi connectivity index (χ3n) is 1.94. The van der Waals surface area contributed by atoms with Gasteiger partial charge in [0.2, 0.25) is 0 Å². The highest BCUT2D eigenvalue weighted by atomic mass is 35.5. The summed E-state index contributed by atoms with van der Waals surface area (Å²) in [5.74, 6) is 0. The molecule has 0 fully saturated rings. The highest BCUT2D eigenvalue weighted by Crippen LogP contribution is 2.28. The van der Waals surface area contributed by atoms with Crippen LogP contribution in [0.25, 0.3) is 0 Å². The molecule has 16 heavy (non-hydrogen) atoms. The fourth-order valence-electron chi connectivity index (χ4n) is 1.23. The molecule has 0 aliphatic heterocycles. The Hall–Kier alpha value is -0.360. The Morgan fingerprint density at radius 1 is 1.56 bits per heavy atom. The van der Waals surface area contributed by atoms with E-state index in [-0.39, 0.29) is 4.21 Å². The Morgan fingerprint density at radius 3 is 2.56 bits per heavy atom. The Labute approximate surface area is 105 Å². The van der Waals surface area contributed by atoms with E-state index in [0.717, 1.165) is 16.9 Å². The van der Waals surface area contributed by atoms with E-state index in [1.165, 1.54) is 10.4 Å². The maximum absolute atomic E-state index is 12.1. The van der Waals surface area contributed by atoms with Gasteiger partial charge in [0.05, 0.1) is 4.34 Å². The number of thiophene rings is 1. The monoisotopic (exact) mass is 279 g/mol. The Balaban J connectivity index is 3.04. The lowest BCUT2D eigenvalue weighted by Crippen LogP contribution is -2.31. The van der Waals surface area contributed by atoms with Gasteiger partial charge in [0.25, 0.3) is 10.0 Å². The lowest BCUT2D eigenvalue weighted by atomic mass is 10.3. The SMILES string of the molecule is C=C(C)CN(CC)S(=O)(=O)c1ccc(Cl)s1. The predicted octanol–water partition coefficient (Wildman–Crippen LogP) is 2.99. The van der Waals surface area contributed by atoms with E-state index < -0.39 is 10.0 Å². The van der Waals surface area contributed by atoms with Crippen molar-refractivity contribution in [3.8, 4) is 0 Å². The van der Waals surface area contributed by atoms with Crippen molar-refractivity contribution in [3.05, 3.63) is 28.6 Å². The molecule has 1 aromatic rings. The highest BCUT2D eigenvalue weighted by molar-refractivity contribution is 7.91.